The van der Waals surface area contributed by atoms with Crippen LogP contribution in [0, 0.1) is 13.8 Å². The van der Waals surface area contributed by atoms with Gasteiger partial charge >= 0.3 is 0 Å². The number of nitrogens with zero attached hydrogens (tertiary/aromatic N) is 1. The fraction of sp³-hybridized carbons (Fsp3) is 0.400. The van der Waals surface area contributed by atoms with Gasteiger partial charge in [-0.05, 0) is 58.1 Å². The quantitative estimate of drug-likeness (QED) is 0.713. The van der Waals surface area contributed by atoms with Crippen molar-refractivity contribution in [1.82, 2.24) is 15.2 Å². The monoisotopic (exact) mass is 357 g/mol. The van der Waals surface area contributed by atoms with Crippen LogP contribution in [0.3, 0.4) is 0 Å². The van der Waals surface area contributed by atoms with Gasteiger partial charge in [0.05, 0.1) is 0 Å². The van der Waals surface area contributed by atoms with Gasteiger partial charge in [0.1, 0.15) is 18.1 Å². The number of H-pyrrole nitrogens is 1. The second-order valence-electron chi connectivity index (χ2n) is 6.66. The van der Waals surface area contributed by atoms with E-state index in [0.29, 0.717) is 30.0 Å². The summed E-state index contributed by atoms with van der Waals surface area (Å²) in [6.45, 7) is 6.93. The molecule has 0 aliphatic carbocycles. The van der Waals surface area contributed by atoms with Crippen LogP contribution >= 0.6 is 0 Å². The number of amides is 1. The molecule has 0 bridgehead atoms. The molecule has 26 heavy (non-hydrogen) atoms. The maximum atomic E-state index is 12.5. The SMILES string of the molecule is CC(=O)c1c(C)[nH]c(C(=O)NCc2cccc(OCCN(C)C)c2)c1C. The van der Waals surface area contributed by atoms with E-state index in [2.05, 4.69) is 15.2 Å². The lowest BCUT2D eigenvalue weighted by Gasteiger charge is -2.12. The highest BCUT2D eigenvalue weighted by Crippen LogP contribution is 2.19. The van der Waals surface area contributed by atoms with Crippen LogP contribution in [0.25, 0.3) is 0 Å². The molecule has 0 unspecified atom stereocenters. The van der Waals surface area contributed by atoms with Crippen LogP contribution in [0.15, 0.2) is 24.3 Å². The molecular formula is C20H27N3O3. The lowest BCUT2D eigenvalue weighted by atomic mass is 10.1. The molecule has 2 N–H and O–H groups in total. The molecule has 0 fully saturated rings. The molecule has 6 nitrogen and oxygen atoms in total. The first-order valence-electron chi connectivity index (χ1n) is 8.64. The number of hydrogen-bond acceptors (Lipinski definition) is 4. The molecule has 140 valence electrons. The van der Waals surface area contributed by atoms with Crippen molar-refractivity contribution in [3.63, 3.8) is 0 Å². The molecule has 0 aliphatic heterocycles. The van der Waals surface area contributed by atoms with Gasteiger partial charge in [-0.1, -0.05) is 12.1 Å². The van der Waals surface area contributed by atoms with E-state index in [1.165, 1.54) is 6.92 Å². The maximum absolute atomic E-state index is 12.5. The number of ketones is 1. The minimum absolute atomic E-state index is 0.0436. The third-order valence-electron chi connectivity index (χ3n) is 4.18. The van der Waals surface area contributed by atoms with Crippen molar-refractivity contribution in [2.24, 2.45) is 0 Å². The summed E-state index contributed by atoms with van der Waals surface area (Å²) in [4.78, 5) is 29.2. The van der Waals surface area contributed by atoms with E-state index in [1.807, 2.05) is 38.4 Å². The third kappa shape index (κ3) is 4.95. The van der Waals surface area contributed by atoms with E-state index >= 15 is 0 Å². The summed E-state index contributed by atoms with van der Waals surface area (Å²) in [6.07, 6.45) is 0. The smallest absolute Gasteiger partial charge is 0.268 e. The second kappa shape index (κ2) is 8.67. The zero-order valence-electron chi connectivity index (χ0n) is 16.1. The lowest BCUT2D eigenvalue weighted by molar-refractivity contribution is 0.0945. The number of hydrogen-bond donors (Lipinski definition) is 2. The molecule has 0 radical (unpaired) electrons. The van der Waals surface area contributed by atoms with Crippen LogP contribution in [-0.4, -0.2) is 48.8 Å². The number of ether oxygens (including phenoxy) is 1. The Morgan fingerprint density at radius 3 is 2.58 bits per heavy atom. The van der Waals surface area contributed by atoms with Crippen LogP contribution in [0.4, 0.5) is 0 Å². The highest BCUT2D eigenvalue weighted by molar-refractivity contribution is 6.02. The summed E-state index contributed by atoms with van der Waals surface area (Å²) in [5.41, 5.74) is 3.38. The van der Waals surface area contributed by atoms with E-state index in [4.69, 9.17) is 4.74 Å². The fourth-order valence-electron chi connectivity index (χ4n) is 2.87. The predicted molar refractivity (Wildman–Crippen MR) is 102 cm³/mol. The first kappa shape index (κ1) is 19.7. The number of benzene rings is 1. The molecule has 0 saturated heterocycles. The Balaban J connectivity index is 1.99. The molecule has 6 heteroatoms. The molecule has 2 aromatic rings. The zero-order chi connectivity index (χ0) is 19.3. The normalized spacial score (nSPS) is 10.8. The summed E-state index contributed by atoms with van der Waals surface area (Å²) in [5.74, 6) is 0.513. The van der Waals surface area contributed by atoms with Crippen molar-refractivity contribution >= 4 is 11.7 Å². The minimum atomic E-state index is -0.225. The standard InChI is InChI=1S/C20H27N3O3/c1-13-18(15(3)24)14(2)22-19(13)20(25)21-12-16-7-6-8-17(11-16)26-10-9-23(4)5/h6-8,11,22H,9-10,12H2,1-5H3,(H,21,25). The average Bonchev–Trinajstić information content (AvgIpc) is 2.87. The Bertz CT molecular complexity index is 794. The summed E-state index contributed by atoms with van der Waals surface area (Å²) in [6, 6.07) is 7.67. The molecule has 1 aromatic heterocycles. The number of rotatable bonds is 8. The van der Waals surface area contributed by atoms with Crippen molar-refractivity contribution in [2.75, 3.05) is 27.2 Å². The number of nitrogens with one attached hydrogen (secondary N) is 2. The van der Waals surface area contributed by atoms with Gasteiger partial charge in [0.15, 0.2) is 5.78 Å². The van der Waals surface area contributed by atoms with Crippen molar-refractivity contribution in [3.05, 3.63) is 52.3 Å². The van der Waals surface area contributed by atoms with Gasteiger partial charge in [0.25, 0.3) is 5.91 Å². The van der Waals surface area contributed by atoms with Crippen molar-refractivity contribution < 1.29 is 14.3 Å². The Morgan fingerprint density at radius 1 is 1.23 bits per heavy atom. The van der Waals surface area contributed by atoms with Crippen LogP contribution in [0.1, 0.15) is 44.6 Å². The number of Topliss-reactive ketones (excluding diaryl/α,β-unsaturated/α-hetero) is 1. The first-order chi connectivity index (χ1) is 12.3. The van der Waals surface area contributed by atoms with Gasteiger partial charge in [0.2, 0.25) is 0 Å². The Kier molecular flexibility index (Phi) is 6.58. The largest absolute Gasteiger partial charge is 0.492 e. The van der Waals surface area contributed by atoms with Gasteiger partial charge in [-0.2, -0.15) is 0 Å². The van der Waals surface area contributed by atoms with Crippen molar-refractivity contribution in [3.8, 4) is 5.75 Å². The topological polar surface area (TPSA) is 74.4 Å². The highest BCUT2D eigenvalue weighted by atomic mass is 16.5. The highest BCUT2D eigenvalue weighted by Gasteiger charge is 2.19. The molecular weight excluding hydrogens is 330 g/mol. The van der Waals surface area contributed by atoms with Gasteiger partial charge in [-0.25, -0.2) is 0 Å². The van der Waals surface area contributed by atoms with E-state index in [0.717, 1.165) is 23.6 Å². The van der Waals surface area contributed by atoms with E-state index in [9.17, 15) is 9.59 Å². The van der Waals surface area contributed by atoms with Gasteiger partial charge in [0, 0.05) is 24.3 Å². The number of aromatic nitrogens is 1. The number of aryl methyl sites for hydroxylation is 1. The molecule has 1 amide bonds. The molecule has 0 spiro atoms. The lowest BCUT2D eigenvalue weighted by Crippen LogP contribution is -2.24. The van der Waals surface area contributed by atoms with Crippen molar-refractivity contribution in [1.29, 1.82) is 0 Å². The summed E-state index contributed by atoms with van der Waals surface area (Å²) in [5, 5.41) is 2.89. The fourth-order valence-corrected chi connectivity index (χ4v) is 2.87. The van der Waals surface area contributed by atoms with Crippen molar-refractivity contribution in [2.45, 2.75) is 27.3 Å². The van der Waals surface area contributed by atoms with E-state index in [1.54, 1.807) is 13.8 Å². The molecule has 2 rings (SSSR count). The molecule has 0 saturated carbocycles. The molecule has 0 aliphatic rings. The van der Waals surface area contributed by atoms with Crippen LogP contribution in [0.5, 0.6) is 5.75 Å². The molecule has 1 heterocycles. The van der Waals surface area contributed by atoms with Gasteiger partial charge in [-0.3, -0.25) is 9.59 Å². The van der Waals surface area contributed by atoms with Gasteiger partial charge in [-0.15, -0.1) is 0 Å². The number of aromatic amines is 1. The zero-order valence-corrected chi connectivity index (χ0v) is 16.1. The minimum Gasteiger partial charge on any atom is -0.492 e. The summed E-state index contributed by atoms with van der Waals surface area (Å²) in [7, 11) is 3.99. The molecule has 0 atom stereocenters. The Hall–Kier alpha value is -2.60. The van der Waals surface area contributed by atoms with Gasteiger partial charge < -0.3 is 19.9 Å². The number of carbonyl (C=O) groups is 2. The van der Waals surface area contributed by atoms with Crippen LogP contribution < -0.4 is 10.1 Å². The van der Waals surface area contributed by atoms with E-state index < -0.39 is 0 Å². The predicted octanol–water partition coefficient (Wildman–Crippen LogP) is 2.70. The second-order valence-corrected chi connectivity index (χ2v) is 6.66. The van der Waals surface area contributed by atoms with Crippen LogP contribution in [0.2, 0.25) is 0 Å². The Labute approximate surface area is 154 Å². The number of likely N-dealkylation sites (N-methyl/N-ethyl adjacent to an activating group) is 1. The average molecular weight is 357 g/mol. The first-order valence-corrected chi connectivity index (χ1v) is 8.64. The molecule has 1 aromatic carbocycles. The van der Waals surface area contributed by atoms with E-state index in [-0.39, 0.29) is 11.7 Å². The summed E-state index contributed by atoms with van der Waals surface area (Å²) < 4.78 is 5.72. The third-order valence-corrected chi connectivity index (χ3v) is 4.18. The van der Waals surface area contributed by atoms with Crippen LogP contribution in [-0.2, 0) is 6.54 Å². The maximum Gasteiger partial charge on any atom is 0.268 e. The number of carbonyl (C=O) groups excluding carboxylic acids is 2. The Morgan fingerprint density at radius 2 is 1.96 bits per heavy atom. The summed E-state index contributed by atoms with van der Waals surface area (Å²) >= 11 is 0.